The predicted molar refractivity (Wildman–Crippen MR) is 124 cm³/mol. The number of aryl methyl sites for hydroxylation is 4. The summed E-state index contributed by atoms with van der Waals surface area (Å²) in [5, 5.41) is 0. The van der Waals surface area contributed by atoms with E-state index in [1.54, 1.807) is 0 Å². The molecule has 0 radical (unpaired) electrons. The number of rotatable bonds is 3. The molecule has 0 aromatic heterocycles. The first-order valence-corrected chi connectivity index (χ1v) is 10.1. The van der Waals surface area contributed by atoms with Crippen molar-refractivity contribution in [1.82, 2.24) is 0 Å². The van der Waals surface area contributed by atoms with Gasteiger partial charge in [-0.15, -0.1) is 0 Å². The Kier molecular flexibility index (Phi) is 5.61. The zero-order valence-electron chi connectivity index (χ0n) is 18.4. The second-order valence-electron chi connectivity index (χ2n) is 9.03. The fourth-order valence-electron chi connectivity index (χ4n) is 3.40. The van der Waals surface area contributed by atoms with Crippen molar-refractivity contribution >= 4 is 11.6 Å². The van der Waals surface area contributed by atoms with E-state index in [2.05, 4.69) is 115 Å². The van der Waals surface area contributed by atoms with Crippen LogP contribution in [0.15, 0.2) is 60.7 Å². The molecule has 3 aromatic rings. The van der Waals surface area contributed by atoms with Gasteiger partial charge in [0, 0.05) is 0 Å². The van der Waals surface area contributed by atoms with Crippen LogP contribution in [0.5, 0.6) is 0 Å². The van der Waals surface area contributed by atoms with Gasteiger partial charge in [0.15, 0.2) is 0 Å². The molecule has 0 heterocycles. The molecule has 0 heteroatoms. The second-order valence-corrected chi connectivity index (χ2v) is 9.03. The first kappa shape index (κ1) is 20.1. The Morgan fingerprint density at radius 2 is 1.07 bits per heavy atom. The predicted octanol–water partition coefficient (Wildman–Crippen LogP) is 7.81. The van der Waals surface area contributed by atoms with Gasteiger partial charge in [-0.2, -0.15) is 0 Å². The molecule has 0 aliphatic heterocycles. The van der Waals surface area contributed by atoms with E-state index in [9.17, 15) is 0 Å². The molecule has 0 aliphatic rings. The SMILES string of the molecule is Cc1ccc(C(=Cc2ccc(C(C)(C)C)cc2)c2ccc(C)c(C)c2)cc1C. The molecule has 0 saturated carbocycles. The van der Waals surface area contributed by atoms with Crippen molar-refractivity contribution in [2.75, 3.05) is 0 Å². The van der Waals surface area contributed by atoms with Crippen molar-refractivity contribution in [2.24, 2.45) is 0 Å². The van der Waals surface area contributed by atoms with Gasteiger partial charge < -0.3 is 0 Å². The summed E-state index contributed by atoms with van der Waals surface area (Å²) in [4.78, 5) is 0. The average molecular weight is 369 g/mol. The monoisotopic (exact) mass is 368 g/mol. The third-order valence-corrected chi connectivity index (χ3v) is 5.72. The molecule has 0 nitrogen and oxygen atoms in total. The summed E-state index contributed by atoms with van der Waals surface area (Å²) in [6, 6.07) is 22.5. The Morgan fingerprint density at radius 1 is 0.607 bits per heavy atom. The second kappa shape index (κ2) is 7.80. The Hall–Kier alpha value is -2.60. The molecule has 0 saturated heterocycles. The van der Waals surface area contributed by atoms with E-state index < -0.39 is 0 Å². The van der Waals surface area contributed by atoms with E-state index in [-0.39, 0.29) is 5.41 Å². The molecule has 0 N–H and O–H groups in total. The molecular formula is C28H32. The van der Waals surface area contributed by atoms with Gasteiger partial charge in [-0.25, -0.2) is 0 Å². The summed E-state index contributed by atoms with van der Waals surface area (Å²) >= 11 is 0. The highest BCUT2D eigenvalue weighted by Gasteiger charge is 2.13. The van der Waals surface area contributed by atoms with Gasteiger partial charge >= 0.3 is 0 Å². The average Bonchev–Trinajstić information content (AvgIpc) is 2.64. The lowest BCUT2D eigenvalue weighted by atomic mass is 9.86. The Balaban J connectivity index is 2.13. The van der Waals surface area contributed by atoms with Crippen LogP contribution >= 0.6 is 0 Å². The van der Waals surface area contributed by atoms with E-state index in [1.165, 1.54) is 50.1 Å². The van der Waals surface area contributed by atoms with Crippen LogP contribution in [0.25, 0.3) is 11.6 Å². The Morgan fingerprint density at radius 3 is 1.46 bits per heavy atom. The van der Waals surface area contributed by atoms with Crippen molar-refractivity contribution in [3.63, 3.8) is 0 Å². The summed E-state index contributed by atoms with van der Waals surface area (Å²) in [5.74, 6) is 0. The Bertz CT molecular complexity index is 955. The van der Waals surface area contributed by atoms with Crippen molar-refractivity contribution in [3.05, 3.63) is 105 Å². The van der Waals surface area contributed by atoms with E-state index in [4.69, 9.17) is 0 Å². The van der Waals surface area contributed by atoms with Crippen LogP contribution in [0.1, 0.15) is 65.3 Å². The highest BCUT2D eigenvalue weighted by molar-refractivity contribution is 5.91. The van der Waals surface area contributed by atoms with Crippen LogP contribution in [-0.2, 0) is 5.41 Å². The van der Waals surface area contributed by atoms with Crippen molar-refractivity contribution in [1.29, 1.82) is 0 Å². The normalized spacial score (nSPS) is 11.4. The van der Waals surface area contributed by atoms with Crippen molar-refractivity contribution in [3.8, 4) is 0 Å². The van der Waals surface area contributed by atoms with Gasteiger partial charge in [-0.1, -0.05) is 81.4 Å². The maximum Gasteiger partial charge on any atom is -0.0105 e. The van der Waals surface area contributed by atoms with Gasteiger partial charge in [-0.05, 0) is 89.3 Å². The molecule has 0 fully saturated rings. The zero-order chi connectivity index (χ0) is 20.5. The maximum absolute atomic E-state index is 2.32. The lowest BCUT2D eigenvalue weighted by Gasteiger charge is -2.19. The minimum absolute atomic E-state index is 0.174. The third kappa shape index (κ3) is 4.44. The minimum Gasteiger partial charge on any atom is -0.0584 e. The lowest BCUT2D eigenvalue weighted by Crippen LogP contribution is -2.10. The first-order chi connectivity index (χ1) is 13.1. The minimum atomic E-state index is 0.174. The molecule has 0 bridgehead atoms. The highest BCUT2D eigenvalue weighted by Crippen LogP contribution is 2.30. The smallest absolute Gasteiger partial charge is 0.0105 e. The van der Waals surface area contributed by atoms with Gasteiger partial charge in [0.05, 0.1) is 0 Å². The molecule has 144 valence electrons. The van der Waals surface area contributed by atoms with Gasteiger partial charge in [-0.3, -0.25) is 0 Å². The summed E-state index contributed by atoms with van der Waals surface area (Å²) in [7, 11) is 0. The molecule has 0 unspecified atom stereocenters. The molecule has 0 amide bonds. The van der Waals surface area contributed by atoms with E-state index in [1.807, 2.05) is 0 Å². The van der Waals surface area contributed by atoms with Crippen molar-refractivity contribution < 1.29 is 0 Å². The third-order valence-electron chi connectivity index (χ3n) is 5.72. The van der Waals surface area contributed by atoms with Crippen LogP contribution in [0, 0.1) is 27.7 Å². The van der Waals surface area contributed by atoms with Crippen LogP contribution in [0.4, 0.5) is 0 Å². The molecule has 28 heavy (non-hydrogen) atoms. The molecule has 0 spiro atoms. The highest BCUT2D eigenvalue weighted by atomic mass is 14.2. The summed E-state index contributed by atoms with van der Waals surface area (Å²) < 4.78 is 0. The quantitative estimate of drug-likeness (QED) is 0.414. The summed E-state index contributed by atoms with van der Waals surface area (Å²) in [6.07, 6.45) is 2.32. The van der Waals surface area contributed by atoms with E-state index >= 15 is 0 Å². The summed E-state index contributed by atoms with van der Waals surface area (Å²) in [6.45, 7) is 15.5. The van der Waals surface area contributed by atoms with Crippen molar-refractivity contribution in [2.45, 2.75) is 53.9 Å². The topological polar surface area (TPSA) is 0 Å². The zero-order valence-corrected chi connectivity index (χ0v) is 18.4. The van der Waals surface area contributed by atoms with Crippen LogP contribution in [0.3, 0.4) is 0 Å². The first-order valence-electron chi connectivity index (χ1n) is 10.1. The number of hydrogen-bond acceptors (Lipinski definition) is 0. The standard InChI is InChI=1S/C28H32/c1-19-8-12-24(16-21(19)3)27(25-13-9-20(2)22(4)17-25)18-23-10-14-26(15-11-23)28(5,6)7/h8-18H,1-7H3. The molecule has 3 rings (SSSR count). The van der Waals surface area contributed by atoms with E-state index in [0.29, 0.717) is 0 Å². The van der Waals surface area contributed by atoms with Crippen LogP contribution in [0.2, 0.25) is 0 Å². The number of hydrogen-bond donors (Lipinski definition) is 0. The number of benzene rings is 3. The van der Waals surface area contributed by atoms with Gasteiger partial charge in [0.2, 0.25) is 0 Å². The van der Waals surface area contributed by atoms with Crippen LogP contribution in [-0.4, -0.2) is 0 Å². The molecular weight excluding hydrogens is 336 g/mol. The fraction of sp³-hybridized carbons (Fsp3) is 0.286. The van der Waals surface area contributed by atoms with Gasteiger partial charge in [0.25, 0.3) is 0 Å². The van der Waals surface area contributed by atoms with E-state index in [0.717, 1.165) is 0 Å². The largest absolute Gasteiger partial charge is 0.0584 e. The fourth-order valence-corrected chi connectivity index (χ4v) is 3.40. The Labute approximate surface area is 171 Å². The maximum atomic E-state index is 2.32. The summed E-state index contributed by atoms with van der Waals surface area (Å²) in [5.41, 5.74) is 11.9. The molecule has 0 atom stereocenters. The molecule has 0 aliphatic carbocycles. The van der Waals surface area contributed by atoms with Crippen LogP contribution < -0.4 is 0 Å². The van der Waals surface area contributed by atoms with Gasteiger partial charge in [0.1, 0.15) is 0 Å². The molecule has 3 aromatic carbocycles. The lowest BCUT2D eigenvalue weighted by molar-refractivity contribution is 0.590.